The van der Waals surface area contributed by atoms with E-state index in [1.807, 2.05) is 0 Å². The molecule has 1 unspecified atom stereocenters. The molecular formula is C10H18F2N2O2. The molecule has 0 radical (unpaired) electrons. The monoisotopic (exact) mass is 236 g/mol. The molecule has 6 heteroatoms. The highest BCUT2D eigenvalue weighted by molar-refractivity contribution is 5.68. The first-order valence-electron chi connectivity index (χ1n) is 5.30. The normalized spacial score (nSPS) is 21.9. The summed E-state index contributed by atoms with van der Waals surface area (Å²) < 4.78 is 31.8. The van der Waals surface area contributed by atoms with Crippen molar-refractivity contribution in [3.63, 3.8) is 0 Å². The van der Waals surface area contributed by atoms with Gasteiger partial charge in [0.2, 0.25) is 0 Å². The van der Waals surface area contributed by atoms with Crippen LogP contribution in [0.25, 0.3) is 0 Å². The van der Waals surface area contributed by atoms with Gasteiger partial charge in [0.1, 0.15) is 5.60 Å². The molecule has 0 aliphatic carbocycles. The van der Waals surface area contributed by atoms with E-state index in [4.69, 9.17) is 4.74 Å². The molecule has 1 aliphatic rings. The number of rotatable bonds is 2. The number of nitrogens with one attached hydrogen (secondary N) is 2. The van der Waals surface area contributed by atoms with Crippen LogP contribution in [0.15, 0.2) is 0 Å². The lowest BCUT2D eigenvalue weighted by molar-refractivity contribution is -0.0832. The van der Waals surface area contributed by atoms with Crippen molar-refractivity contribution >= 4 is 6.09 Å². The minimum atomic E-state index is -3.22. The fourth-order valence-electron chi connectivity index (χ4n) is 1.51. The van der Waals surface area contributed by atoms with Crippen molar-refractivity contribution in [3.05, 3.63) is 0 Å². The first-order valence-corrected chi connectivity index (χ1v) is 5.30. The number of carbonyl (C=O) groups is 1. The fourth-order valence-corrected chi connectivity index (χ4v) is 1.51. The van der Waals surface area contributed by atoms with E-state index in [1.165, 1.54) is 0 Å². The van der Waals surface area contributed by atoms with Gasteiger partial charge in [0.15, 0.2) is 0 Å². The number of hydrogen-bond acceptors (Lipinski definition) is 3. The van der Waals surface area contributed by atoms with Crippen molar-refractivity contribution in [2.75, 3.05) is 13.1 Å². The van der Waals surface area contributed by atoms with Gasteiger partial charge in [-0.3, -0.25) is 5.32 Å². The molecule has 2 N–H and O–H groups in total. The Morgan fingerprint density at radius 1 is 1.44 bits per heavy atom. The van der Waals surface area contributed by atoms with Crippen LogP contribution in [0.2, 0.25) is 0 Å². The summed E-state index contributed by atoms with van der Waals surface area (Å²) in [5.74, 6) is -0.861. The molecule has 1 heterocycles. The van der Waals surface area contributed by atoms with E-state index in [2.05, 4.69) is 5.32 Å². The third-order valence-electron chi connectivity index (χ3n) is 2.24. The van der Waals surface area contributed by atoms with Crippen LogP contribution in [-0.4, -0.2) is 30.8 Å². The van der Waals surface area contributed by atoms with Gasteiger partial charge in [-0.05, 0) is 33.7 Å². The number of ether oxygens (including phenoxy) is 1. The van der Waals surface area contributed by atoms with Crippen LogP contribution >= 0.6 is 0 Å². The minimum absolute atomic E-state index is 0.211. The first-order chi connectivity index (χ1) is 7.21. The molecular weight excluding hydrogens is 218 g/mol. The molecule has 16 heavy (non-hydrogen) atoms. The maximum absolute atomic E-state index is 13.5. The fraction of sp³-hybridized carbons (Fsp3) is 0.900. The first kappa shape index (κ1) is 13.2. The van der Waals surface area contributed by atoms with Crippen LogP contribution in [0.4, 0.5) is 13.6 Å². The Labute approximate surface area is 93.7 Å². The highest BCUT2D eigenvalue weighted by Gasteiger charge is 2.43. The second-order valence-corrected chi connectivity index (χ2v) is 4.94. The van der Waals surface area contributed by atoms with Gasteiger partial charge in [-0.25, -0.2) is 4.79 Å². The van der Waals surface area contributed by atoms with Gasteiger partial charge in [-0.15, -0.1) is 0 Å². The van der Waals surface area contributed by atoms with Crippen molar-refractivity contribution in [1.29, 1.82) is 0 Å². The third kappa shape index (κ3) is 3.92. The number of carbonyl (C=O) groups excluding carboxylic acids is 1. The lowest BCUT2D eigenvalue weighted by Crippen LogP contribution is -2.49. The van der Waals surface area contributed by atoms with Crippen molar-refractivity contribution in [1.82, 2.24) is 10.6 Å². The second-order valence-electron chi connectivity index (χ2n) is 4.94. The van der Waals surface area contributed by atoms with Crippen LogP contribution < -0.4 is 10.6 Å². The van der Waals surface area contributed by atoms with Gasteiger partial charge in [0.25, 0.3) is 0 Å². The van der Waals surface area contributed by atoms with E-state index >= 15 is 0 Å². The van der Waals surface area contributed by atoms with E-state index in [-0.39, 0.29) is 6.54 Å². The Balaban J connectivity index is 2.48. The van der Waals surface area contributed by atoms with Crippen LogP contribution in [0.3, 0.4) is 0 Å². The quantitative estimate of drug-likeness (QED) is 0.718. The van der Waals surface area contributed by atoms with Crippen molar-refractivity contribution in [2.45, 2.75) is 38.8 Å². The maximum atomic E-state index is 13.5. The summed E-state index contributed by atoms with van der Waals surface area (Å²) in [5, 5.41) is 4.45. The molecule has 1 fully saturated rings. The smallest absolute Gasteiger partial charge is 0.412 e. The summed E-state index contributed by atoms with van der Waals surface area (Å²) in [4.78, 5) is 11.2. The SMILES string of the molecule is CC(C)(C)OC(=O)NC(F)(F)C1CCNC1. The number of halogens is 2. The zero-order valence-electron chi connectivity index (χ0n) is 9.77. The predicted octanol–water partition coefficient (Wildman–Crippen LogP) is 1.71. The van der Waals surface area contributed by atoms with Gasteiger partial charge in [-0.2, -0.15) is 8.78 Å². The Hall–Kier alpha value is -0.910. The zero-order chi connectivity index (χ0) is 12.4. The van der Waals surface area contributed by atoms with E-state index in [1.54, 1.807) is 26.1 Å². The number of alkyl halides is 2. The molecule has 0 spiro atoms. The van der Waals surface area contributed by atoms with E-state index in [0.717, 1.165) is 0 Å². The topological polar surface area (TPSA) is 50.4 Å². The summed E-state index contributed by atoms with van der Waals surface area (Å²) in [6.45, 7) is 5.64. The Kier molecular flexibility index (Phi) is 3.72. The van der Waals surface area contributed by atoms with Crippen LogP contribution in [0.5, 0.6) is 0 Å². The molecule has 1 aliphatic heterocycles. The van der Waals surface area contributed by atoms with Crippen LogP contribution in [-0.2, 0) is 4.74 Å². The van der Waals surface area contributed by atoms with Crippen LogP contribution in [0, 0.1) is 5.92 Å². The van der Waals surface area contributed by atoms with Gasteiger partial charge in [0.05, 0.1) is 5.92 Å². The third-order valence-corrected chi connectivity index (χ3v) is 2.24. The lowest BCUT2D eigenvalue weighted by Gasteiger charge is -2.26. The largest absolute Gasteiger partial charge is 0.444 e. The zero-order valence-corrected chi connectivity index (χ0v) is 9.77. The minimum Gasteiger partial charge on any atom is -0.444 e. The number of amides is 1. The molecule has 1 amide bonds. The van der Waals surface area contributed by atoms with Crippen molar-refractivity contribution < 1.29 is 18.3 Å². The summed E-state index contributed by atoms with van der Waals surface area (Å²) in [6.07, 6.45) is -0.729. The molecule has 1 saturated heterocycles. The summed E-state index contributed by atoms with van der Waals surface area (Å²) in [6, 6.07) is -3.22. The van der Waals surface area contributed by atoms with E-state index in [9.17, 15) is 13.6 Å². The van der Waals surface area contributed by atoms with Crippen LogP contribution in [0.1, 0.15) is 27.2 Å². The van der Waals surface area contributed by atoms with Gasteiger partial charge < -0.3 is 10.1 Å². The Morgan fingerprint density at radius 3 is 2.50 bits per heavy atom. The molecule has 0 bridgehead atoms. The van der Waals surface area contributed by atoms with Gasteiger partial charge >= 0.3 is 12.1 Å². The molecule has 1 rings (SSSR count). The second kappa shape index (κ2) is 4.53. The van der Waals surface area contributed by atoms with Gasteiger partial charge in [-0.1, -0.05) is 0 Å². The molecule has 0 aromatic rings. The molecule has 4 nitrogen and oxygen atoms in total. The van der Waals surface area contributed by atoms with Crippen molar-refractivity contribution in [3.8, 4) is 0 Å². The Bertz CT molecular complexity index is 258. The predicted molar refractivity (Wildman–Crippen MR) is 55.3 cm³/mol. The van der Waals surface area contributed by atoms with E-state index < -0.39 is 23.7 Å². The number of hydrogen-bond donors (Lipinski definition) is 2. The molecule has 0 saturated carbocycles. The average molecular weight is 236 g/mol. The highest BCUT2D eigenvalue weighted by atomic mass is 19.3. The molecule has 0 aromatic heterocycles. The number of alkyl carbamates (subject to hydrolysis) is 1. The molecule has 1 atom stereocenters. The Morgan fingerprint density at radius 2 is 2.06 bits per heavy atom. The van der Waals surface area contributed by atoms with Gasteiger partial charge in [0, 0.05) is 6.54 Å². The van der Waals surface area contributed by atoms with Crippen molar-refractivity contribution in [2.24, 2.45) is 5.92 Å². The summed E-state index contributed by atoms with van der Waals surface area (Å²) in [7, 11) is 0. The lowest BCUT2D eigenvalue weighted by atomic mass is 10.1. The standard InChI is InChI=1S/C10H18F2N2O2/c1-9(2,3)16-8(15)14-10(11,12)7-4-5-13-6-7/h7,13H,4-6H2,1-3H3,(H,14,15). The average Bonchev–Trinajstić information content (AvgIpc) is 2.49. The maximum Gasteiger partial charge on any atom is 0.412 e. The summed E-state index contributed by atoms with van der Waals surface area (Å²) in [5.41, 5.74) is -0.770. The highest BCUT2D eigenvalue weighted by Crippen LogP contribution is 2.26. The van der Waals surface area contributed by atoms with E-state index in [0.29, 0.717) is 13.0 Å². The molecule has 94 valence electrons. The summed E-state index contributed by atoms with van der Waals surface area (Å²) >= 11 is 0. The molecule has 0 aromatic carbocycles.